The molecule has 0 amide bonds. The van der Waals surface area contributed by atoms with Crippen molar-refractivity contribution in [2.24, 2.45) is 29.6 Å². The van der Waals surface area contributed by atoms with Crippen molar-refractivity contribution in [3.63, 3.8) is 0 Å². The fraction of sp³-hybridized carbons (Fsp3) is 0.929. The Morgan fingerprint density at radius 1 is 1.18 bits per heavy atom. The van der Waals surface area contributed by atoms with E-state index in [-0.39, 0.29) is 11.5 Å². The standard InChI is InChI=1S/C14H21NO2/c16-13(17)12-10-5-2-6-15-14(10)7-8-3-1-4-9(14)11(8)12/h8-12,15H,1-7H2,(H,16,17). The lowest BCUT2D eigenvalue weighted by Crippen LogP contribution is -2.56. The largest absolute Gasteiger partial charge is 0.481 e. The van der Waals surface area contributed by atoms with Crippen molar-refractivity contribution in [3.05, 3.63) is 0 Å². The van der Waals surface area contributed by atoms with Gasteiger partial charge in [0.2, 0.25) is 0 Å². The van der Waals surface area contributed by atoms with Gasteiger partial charge in [-0.15, -0.1) is 0 Å². The fourth-order valence-electron chi connectivity index (χ4n) is 6.05. The molecule has 2 N–H and O–H groups in total. The van der Waals surface area contributed by atoms with Crippen molar-refractivity contribution in [2.45, 2.75) is 44.1 Å². The van der Waals surface area contributed by atoms with Gasteiger partial charge in [0.15, 0.2) is 0 Å². The van der Waals surface area contributed by atoms with Crippen molar-refractivity contribution in [3.8, 4) is 0 Å². The molecular weight excluding hydrogens is 214 g/mol. The topological polar surface area (TPSA) is 49.3 Å². The maximum atomic E-state index is 11.6. The zero-order valence-corrected chi connectivity index (χ0v) is 10.2. The van der Waals surface area contributed by atoms with Crippen LogP contribution in [0.4, 0.5) is 0 Å². The maximum Gasteiger partial charge on any atom is 0.307 e. The summed E-state index contributed by atoms with van der Waals surface area (Å²) in [6.07, 6.45) is 7.46. The summed E-state index contributed by atoms with van der Waals surface area (Å²) in [5.74, 6) is 1.76. The minimum absolute atomic E-state index is 0.0353. The number of hydrogen-bond acceptors (Lipinski definition) is 2. The van der Waals surface area contributed by atoms with Gasteiger partial charge in [-0.3, -0.25) is 4.79 Å². The van der Waals surface area contributed by atoms with Gasteiger partial charge in [-0.25, -0.2) is 0 Å². The van der Waals surface area contributed by atoms with Gasteiger partial charge < -0.3 is 10.4 Å². The quantitative estimate of drug-likeness (QED) is 0.729. The number of carbonyl (C=O) groups is 1. The Kier molecular flexibility index (Phi) is 1.98. The molecule has 0 aromatic carbocycles. The van der Waals surface area contributed by atoms with Gasteiger partial charge in [-0.2, -0.15) is 0 Å². The summed E-state index contributed by atoms with van der Waals surface area (Å²) in [6, 6.07) is 0. The van der Waals surface area contributed by atoms with E-state index >= 15 is 0 Å². The lowest BCUT2D eigenvalue weighted by Gasteiger charge is -2.45. The second-order valence-electron chi connectivity index (χ2n) is 6.66. The van der Waals surface area contributed by atoms with E-state index < -0.39 is 5.97 Å². The molecule has 6 atom stereocenters. The first-order chi connectivity index (χ1) is 8.24. The van der Waals surface area contributed by atoms with Crippen LogP contribution in [0, 0.1) is 29.6 Å². The van der Waals surface area contributed by atoms with E-state index in [2.05, 4.69) is 5.32 Å². The molecule has 3 saturated carbocycles. The molecule has 3 nitrogen and oxygen atoms in total. The highest BCUT2D eigenvalue weighted by molar-refractivity contribution is 5.72. The Balaban J connectivity index is 1.80. The Bertz CT molecular complexity index is 367. The number of rotatable bonds is 1. The third-order valence-electron chi connectivity index (χ3n) is 6.30. The van der Waals surface area contributed by atoms with Crippen molar-refractivity contribution < 1.29 is 9.90 Å². The lowest BCUT2D eigenvalue weighted by atomic mass is 9.67. The summed E-state index contributed by atoms with van der Waals surface area (Å²) >= 11 is 0. The number of hydrogen-bond donors (Lipinski definition) is 2. The van der Waals surface area contributed by atoms with Gasteiger partial charge in [0.25, 0.3) is 0 Å². The van der Waals surface area contributed by atoms with E-state index in [1.807, 2.05) is 0 Å². The smallest absolute Gasteiger partial charge is 0.307 e. The minimum atomic E-state index is -0.512. The first-order valence-electron chi connectivity index (χ1n) is 7.22. The monoisotopic (exact) mass is 235 g/mol. The highest BCUT2D eigenvalue weighted by Gasteiger charge is 2.69. The predicted molar refractivity (Wildman–Crippen MR) is 63.5 cm³/mol. The molecule has 1 heterocycles. The number of carboxylic acid groups (broad SMARTS) is 1. The molecule has 4 bridgehead atoms. The molecule has 4 rings (SSSR count). The van der Waals surface area contributed by atoms with Gasteiger partial charge in [0.1, 0.15) is 0 Å². The minimum Gasteiger partial charge on any atom is -0.481 e. The summed E-state index contributed by atoms with van der Waals surface area (Å²) in [7, 11) is 0. The van der Waals surface area contributed by atoms with E-state index in [1.54, 1.807) is 0 Å². The molecule has 4 aliphatic rings. The number of piperidine rings is 1. The third kappa shape index (κ3) is 1.09. The molecule has 94 valence electrons. The van der Waals surface area contributed by atoms with Crippen LogP contribution in [0.15, 0.2) is 0 Å². The van der Waals surface area contributed by atoms with Crippen LogP contribution >= 0.6 is 0 Å². The van der Waals surface area contributed by atoms with E-state index in [0.29, 0.717) is 23.7 Å². The van der Waals surface area contributed by atoms with E-state index in [0.717, 1.165) is 13.0 Å². The van der Waals surface area contributed by atoms with Crippen LogP contribution in [-0.2, 0) is 4.79 Å². The molecular formula is C14H21NO2. The van der Waals surface area contributed by atoms with Crippen molar-refractivity contribution >= 4 is 5.97 Å². The zero-order chi connectivity index (χ0) is 11.6. The molecule has 4 fully saturated rings. The molecule has 1 aliphatic heterocycles. The van der Waals surface area contributed by atoms with Crippen LogP contribution in [-0.4, -0.2) is 23.2 Å². The van der Waals surface area contributed by atoms with Crippen LogP contribution in [0.25, 0.3) is 0 Å². The summed E-state index contributed by atoms with van der Waals surface area (Å²) in [5, 5.41) is 13.4. The SMILES string of the molecule is O=C(O)C1C2C3CCCC2C2(C3)NCCCC12. The van der Waals surface area contributed by atoms with E-state index in [9.17, 15) is 9.90 Å². The first kappa shape index (κ1) is 10.4. The van der Waals surface area contributed by atoms with Crippen LogP contribution in [0.3, 0.4) is 0 Å². The molecule has 0 aromatic rings. The third-order valence-corrected chi connectivity index (χ3v) is 6.30. The van der Waals surface area contributed by atoms with Crippen molar-refractivity contribution in [1.82, 2.24) is 5.32 Å². The molecule has 3 aliphatic carbocycles. The van der Waals surface area contributed by atoms with Crippen LogP contribution in [0.2, 0.25) is 0 Å². The maximum absolute atomic E-state index is 11.6. The van der Waals surface area contributed by atoms with Crippen molar-refractivity contribution in [1.29, 1.82) is 0 Å². The van der Waals surface area contributed by atoms with Gasteiger partial charge in [0, 0.05) is 5.54 Å². The Hall–Kier alpha value is -0.570. The average molecular weight is 235 g/mol. The van der Waals surface area contributed by atoms with Crippen LogP contribution < -0.4 is 5.32 Å². The molecule has 0 radical (unpaired) electrons. The van der Waals surface area contributed by atoms with Gasteiger partial charge in [-0.05, 0) is 55.9 Å². The normalized spacial score (nSPS) is 55.6. The molecule has 0 aromatic heterocycles. The Labute approximate surface area is 102 Å². The summed E-state index contributed by atoms with van der Waals surface area (Å²) < 4.78 is 0. The first-order valence-corrected chi connectivity index (χ1v) is 7.22. The average Bonchev–Trinajstić information content (AvgIpc) is 2.70. The Morgan fingerprint density at radius 3 is 2.82 bits per heavy atom. The van der Waals surface area contributed by atoms with E-state index in [1.165, 1.54) is 32.1 Å². The van der Waals surface area contributed by atoms with Crippen LogP contribution in [0.1, 0.15) is 38.5 Å². The molecule has 1 saturated heterocycles. The lowest BCUT2D eigenvalue weighted by molar-refractivity contribution is -0.147. The number of nitrogens with one attached hydrogen (secondary N) is 1. The van der Waals surface area contributed by atoms with Crippen LogP contribution in [0.5, 0.6) is 0 Å². The molecule has 3 heteroatoms. The fourth-order valence-corrected chi connectivity index (χ4v) is 6.05. The molecule has 6 unspecified atom stereocenters. The van der Waals surface area contributed by atoms with Crippen molar-refractivity contribution in [2.75, 3.05) is 6.54 Å². The second kappa shape index (κ2) is 3.25. The highest BCUT2D eigenvalue weighted by Crippen LogP contribution is 2.67. The molecule has 1 spiro atoms. The molecule has 17 heavy (non-hydrogen) atoms. The zero-order valence-electron chi connectivity index (χ0n) is 10.2. The number of aliphatic carboxylic acids is 1. The van der Waals surface area contributed by atoms with Gasteiger partial charge in [0.05, 0.1) is 5.92 Å². The predicted octanol–water partition coefficient (Wildman–Crippen LogP) is 1.88. The highest BCUT2D eigenvalue weighted by atomic mass is 16.4. The summed E-state index contributed by atoms with van der Waals surface area (Å²) in [6.45, 7) is 1.11. The van der Waals surface area contributed by atoms with Gasteiger partial charge >= 0.3 is 5.97 Å². The van der Waals surface area contributed by atoms with Gasteiger partial charge in [-0.1, -0.05) is 12.8 Å². The number of carboxylic acids is 1. The summed E-state index contributed by atoms with van der Waals surface area (Å²) in [5.41, 5.74) is 0.229. The van der Waals surface area contributed by atoms with E-state index in [4.69, 9.17) is 0 Å². The summed E-state index contributed by atoms with van der Waals surface area (Å²) in [4.78, 5) is 11.6. The Morgan fingerprint density at radius 2 is 2.00 bits per heavy atom. The second-order valence-corrected chi connectivity index (χ2v) is 6.66.